The lowest BCUT2D eigenvalue weighted by Crippen LogP contribution is -2.24. The molecule has 0 unspecified atom stereocenters. The molecule has 0 saturated carbocycles. The lowest BCUT2D eigenvalue weighted by Gasteiger charge is -2.13. The van der Waals surface area contributed by atoms with Crippen LogP contribution < -0.4 is 10.2 Å². The third kappa shape index (κ3) is 3.81. The number of carbonyl (C=O) groups is 2. The van der Waals surface area contributed by atoms with Crippen LogP contribution in [0.15, 0.2) is 42.7 Å². The number of hydrogen-bond acceptors (Lipinski definition) is 4. The molecule has 1 fully saturated rings. The zero-order chi connectivity index (χ0) is 16.9. The van der Waals surface area contributed by atoms with Crippen LogP contribution in [-0.4, -0.2) is 34.9 Å². The highest BCUT2D eigenvalue weighted by atomic mass is 16.6. The van der Waals surface area contributed by atoms with Gasteiger partial charge in [0.1, 0.15) is 6.61 Å². The number of ether oxygens (including phenoxy) is 1. The summed E-state index contributed by atoms with van der Waals surface area (Å²) in [5.74, 6) is -0.190. The Balaban J connectivity index is 1.57. The minimum atomic E-state index is -0.337. The van der Waals surface area contributed by atoms with Gasteiger partial charge in [-0.1, -0.05) is 12.1 Å². The van der Waals surface area contributed by atoms with E-state index >= 15 is 0 Å². The van der Waals surface area contributed by atoms with E-state index in [1.54, 1.807) is 21.9 Å². The molecule has 124 valence electrons. The second-order valence-corrected chi connectivity index (χ2v) is 5.43. The monoisotopic (exact) mass is 326 g/mol. The molecule has 2 heterocycles. The van der Waals surface area contributed by atoms with Crippen molar-refractivity contribution < 1.29 is 14.3 Å². The summed E-state index contributed by atoms with van der Waals surface area (Å²) >= 11 is 0. The van der Waals surface area contributed by atoms with Crippen LogP contribution in [0.4, 0.5) is 10.5 Å². The number of hydrogen-bond donors (Lipinski definition) is 1. The highest BCUT2D eigenvalue weighted by Gasteiger charge is 2.23. The maximum atomic E-state index is 11.9. The smallest absolute Gasteiger partial charge is 0.414 e. The summed E-state index contributed by atoms with van der Waals surface area (Å²) < 4.78 is 6.61. The molecule has 0 spiro atoms. The predicted octanol–water partition coefficient (Wildman–Crippen LogP) is 1.71. The Morgan fingerprint density at radius 1 is 1.46 bits per heavy atom. The van der Waals surface area contributed by atoms with Crippen LogP contribution in [0.3, 0.4) is 0 Å². The van der Waals surface area contributed by atoms with E-state index in [4.69, 9.17) is 4.74 Å². The van der Waals surface area contributed by atoms with Gasteiger partial charge in [-0.2, -0.15) is 5.10 Å². The summed E-state index contributed by atoms with van der Waals surface area (Å²) in [5.41, 5.74) is 2.55. The second-order valence-electron chi connectivity index (χ2n) is 5.43. The number of nitrogens with one attached hydrogen (secondary N) is 1. The van der Waals surface area contributed by atoms with Crippen LogP contribution in [0, 0.1) is 0 Å². The first kappa shape index (κ1) is 15.8. The summed E-state index contributed by atoms with van der Waals surface area (Å²) in [6.07, 6.45) is 6.35. The van der Waals surface area contributed by atoms with E-state index in [0.717, 1.165) is 16.8 Å². The van der Waals surface area contributed by atoms with Crippen molar-refractivity contribution in [2.24, 2.45) is 7.05 Å². The summed E-state index contributed by atoms with van der Waals surface area (Å²) in [6.45, 7) is 1.33. The summed E-state index contributed by atoms with van der Waals surface area (Å²) in [4.78, 5) is 25.0. The standard InChI is InChI=1S/C17H18N4O3/c1-20-12-14(11-19-20)5-6-16(22)18-10-13-3-2-4-15(9-13)21-7-8-24-17(21)23/h2-6,9,11-12H,7-8,10H2,1H3,(H,18,22)/b6-5+. The maximum absolute atomic E-state index is 11.9. The van der Waals surface area contributed by atoms with E-state index in [0.29, 0.717) is 19.7 Å². The number of nitrogens with zero attached hydrogens (tertiary/aromatic N) is 3. The van der Waals surface area contributed by atoms with E-state index in [9.17, 15) is 9.59 Å². The fraction of sp³-hybridized carbons (Fsp3) is 0.235. The Morgan fingerprint density at radius 3 is 3.04 bits per heavy atom. The van der Waals surface area contributed by atoms with Crippen LogP contribution >= 0.6 is 0 Å². The highest BCUT2D eigenvalue weighted by molar-refractivity contribution is 5.91. The molecule has 0 aliphatic carbocycles. The molecule has 1 aliphatic rings. The van der Waals surface area contributed by atoms with Gasteiger partial charge < -0.3 is 10.1 Å². The first-order chi connectivity index (χ1) is 11.6. The van der Waals surface area contributed by atoms with Gasteiger partial charge in [0, 0.05) is 37.1 Å². The van der Waals surface area contributed by atoms with Crippen molar-refractivity contribution in [2.75, 3.05) is 18.1 Å². The topological polar surface area (TPSA) is 76.5 Å². The Morgan fingerprint density at radius 2 is 2.33 bits per heavy atom. The van der Waals surface area contributed by atoms with Crippen molar-refractivity contribution in [3.05, 3.63) is 53.9 Å². The second kappa shape index (κ2) is 6.99. The van der Waals surface area contributed by atoms with Crippen molar-refractivity contribution in [3.8, 4) is 0 Å². The van der Waals surface area contributed by atoms with Gasteiger partial charge in [-0.3, -0.25) is 14.4 Å². The quantitative estimate of drug-likeness (QED) is 0.849. The fourth-order valence-corrected chi connectivity index (χ4v) is 2.41. The number of aryl methyl sites for hydroxylation is 1. The normalized spacial score (nSPS) is 14.2. The molecule has 24 heavy (non-hydrogen) atoms. The molecule has 1 aromatic heterocycles. The largest absolute Gasteiger partial charge is 0.447 e. The average Bonchev–Trinajstić information content (AvgIpc) is 3.19. The first-order valence-electron chi connectivity index (χ1n) is 7.59. The Hall–Kier alpha value is -3.09. The van der Waals surface area contributed by atoms with Crippen molar-refractivity contribution in [3.63, 3.8) is 0 Å². The Bertz CT molecular complexity index is 782. The molecular formula is C17H18N4O3. The lowest BCUT2D eigenvalue weighted by molar-refractivity contribution is -0.116. The third-order valence-corrected chi connectivity index (χ3v) is 3.60. The SMILES string of the molecule is Cn1cc(/C=C/C(=O)NCc2cccc(N3CCOC3=O)c2)cn1. The predicted molar refractivity (Wildman–Crippen MR) is 89.2 cm³/mol. The van der Waals surface area contributed by atoms with Gasteiger partial charge in [-0.05, 0) is 23.8 Å². The van der Waals surface area contributed by atoms with Gasteiger partial charge in [0.25, 0.3) is 0 Å². The molecule has 0 bridgehead atoms. The lowest BCUT2D eigenvalue weighted by atomic mass is 10.2. The van der Waals surface area contributed by atoms with Gasteiger partial charge >= 0.3 is 6.09 Å². The van der Waals surface area contributed by atoms with Crippen LogP contribution in [0.25, 0.3) is 6.08 Å². The summed E-state index contributed by atoms with van der Waals surface area (Å²) in [7, 11) is 1.82. The minimum Gasteiger partial charge on any atom is -0.447 e. The van der Waals surface area contributed by atoms with E-state index in [-0.39, 0.29) is 12.0 Å². The molecule has 7 heteroatoms. The van der Waals surface area contributed by atoms with Crippen LogP contribution in [0.1, 0.15) is 11.1 Å². The van der Waals surface area contributed by atoms with Crippen molar-refractivity contribution in [1.82, 2.24) is 15.1 Å². The number of aromatic nitrogens is 2. The molecule has 0 atom stereocenters. The molecule has 2 aromatic rings. The molecule has 2 amide bonds. The zero-order valence-corrected chi connectivity index (χ0v) is 13.3. The third-order valence-electron chi connectivity index (χ3n) is 3.60. The van der Waals surface area contributed by atoms with Gasteiger partial charge in [-0.15, -0.1) is 0 Å². The van der Waals surface area contributed by atoms with Crippen molar-refractivity contribution >= 4 is 23.8 Å². The fourth-order valence-electron chi connectivity index (χ4n) is 2.41. The highest BCUT2D eigenvalue weighted by Crippen LogP contribution is 2.19. The number of benzene rings is 1. The average molecular weight is 326 g/mol. The van der Waals surface area contributed by atoms with Gasteiger partial charge in [-0.25, -0.2) is 4.79 Å². The molecule has 1 aliphatic heterocycles. The molecular weight excluding hydrogens is 308 g/mol. The number of cyclic esters (lactones) is 1. The maximum Gasteiger partial charge on any atom is 0.414 e. The molecule has 0 radical (unpaired) electrons. The molecule has 1 aromatic carbocycles. The van der Waals surface area contributed by atoms with Crippen LogP contribution in [0.5, 0.6) is 0 Å². The Labute approximate surface area is 139 Å². The molecule has 7 nitrogen and oxygen atoms in total. The van der Waals surface area contributed by atoms with Gasteiger partial charge in [0.05, 0.1) is 12.7 Å². The van der Waals surface area contributed by atoms with E-state index < -0.39 is 0 Å². The van der Waals surface area contributed by atoms with Gasteiger partial charge in [0.15, 0.2) is 0 Å². The van der Waals surface area contributed by atoms with Crippen LogP contribution in [-0.2, 0) is 23.1 Å². The molecule has 3 rings (SSSR count). The van der Waals surface area contributed by atoms with Crippen molar-refractivity contribution in [2.45, 2.75) is 6.54 Å². The Kier molecular flexibility index (Phi) is 4.60. The first-order valence-corrected chi connectivity index (χ1v) is 7.59. The van der Waals surface area contributed by atoms with E-state index in [1.165, 1.54) is 6.08 Å². The minimum absolute atomic E-state index is 0.190. The number of anilines is 1. The van der Waals surface area contributed by atoms with Crippen molar-refractivity contribution in [1.29, 1.82) is 0 Å². The number of rotatable bonds is 5. The van der Waals surface area contributed by atoms with Gasteiger partial charge in [0.2, 0.25) is 5.91 Å². The summed E-state index contributed by atoms with van der Waals surface area (Å²) in [6, 6.07) is 7.47. The zero-order valence-electron chi connectivity index (χ0n) is 13.3. The van der Waals surface area contributed by atoms with E-state index in [1.807, 2.05) is 37.5 Å². The molecule has 1 saturated heterocycles. The summed E-state index contributed by atoms with van der Waals surface area (Å²) in [5, 5.41) is 6.85. The van der Waals surface area contributed by atoms with E-state index in [2.05, 4.69) is 10.4 Å². The molecule has 1 N–H and O–H groups in total. The number of amides is 2. The van der Waals surface area contributed by atoms with Crippen LogP contribution in [0.2, 0.25) is 0 Å². The number of carbonyl (C=O) groups excluding carboxylic acids is 2.